The lowest BCUT2D eigenvalue weighted by Gasteiger charge is -2.12. The SMILES string of the molecule is CC1=NN(c2ccccc2)C(=O)[C@@H]1C=Nc1ccccc1. The van der Waals surface area contributed by atoms with Crippen molar-refractivity contribution >= 4 is 29.2 Å². The number of carbonyl (C=O) groups is 1. The summed E-state index contributed by atoms with van der Waals surface area (Å²) in [6.07, 6.45) is 1.67. The van der Waals surface area contributed by atoms with E-state index in [9.17, 15) is 4.79 Å². The zero-order chi connectivity index (χ0) is 14.7. The van der Waals surface area contributed by atoms with Crippen LogP contribution in [0.5, 0.6) is 0 Å². The molecule has 1 atom stereocenters. The molecule has 3 rings (SSSR count). The molecule has 21 heavy (non-hydrogen) atoms. The summed E-state index contributed by atoms with van der Waals surface area (Å²) in [5.74, 6) is -0.469. The normalized spacial score (nSPS) is 18.3. The first-order valence-electron chi connectivity index (χ1n) is 6.79. The van der Waals surface area contributed by atoms with Gasteiger partial charge >= 0.3 is 0 Å². The van der Waals surface area contributed by atoms with Crippen molar-refractivity contribution in [2.45, 2.75) is 6.92 Å². The molecular weight excluding hydrogens is 262 g/mol. The first kappa shape index (κ1) is 13.2. The van der Waals surface area contributed by atoms with Crippen molar-refractivity contribution in [3.8, 4) is 0 Å². The molecule has 4 heteroatoms. The number of carbonyl (C=O) groups excluding carboxylic acids is 1. The van der Waals surface area contributed by atoms with Gasteiger partial charge in [-0.3, -0.25) is 9.79 Å². The number of hydrogen-bond acceptors (Lipinski definition) is 3. The van der Waals surface area contributed by atoms with E-state index in [4.69, 9.17) is 0 Å². The third-order valence-corrected chi connectivity index (χ3v) is 3.31. The molecule has 0 fully saturated rings. The minimum atomic E-state index is -0.398. The van der Waals surface area contributed by atoms with Crippen molar-refractivity contribution in [1.82, 2.24) is 0 Å². The van der Waals surface area contributed by atoms with Crippen molar-refractivity contribution in [3.05, 3.63) is 60.7 Å². The second-order valence-corrected chi connectivity index (χ2v) is 4.82. The molecule has 0 unspecified atom stereocenters. The topological polar surface area (TPSA) is 45.0 Å². The lowest BCUT2D eigenvalue weighted by Crippen LogP contribution is -2.27. The maximum absolute atomic E-state index is 12.5. The first-order chi connectivity index (χ1) is 10.3. The van der Waals surface area contributed by atoms with Gasteiger partial charge in [-0.05, 0) is 31.2 Å². The zero-order valence-electron chi connectivity index (χ0n) is 11.7. The standard InChI is InChI=1S/C17H15N3O/c1-13-16(12-18-14-8-4-2-5-9-14)17(21)20(19-13)15-10-6-3-7-11-15/h2-12,16H,1H3/t16-/m1/s1. The van der Waals surface area contributed by atoms with Crippen molar-refractivity contribution < 1.29 is 4.79 Å². The van der Waals surface area contributed by atoms with Crippen LogP contribution in [-0.2, 0) is 4.79 Å². The summed E-state index contributed by atoms with van der Waals surface area (Å²) in [7, 11) is 0. The predicted octanol–water partition coefficient (Wildman–Crippen LogP) is 3.43. The Morgan fingerprint density at radius 3 is 2.33 bits per heavy atom. The smallest absolute Gasteiger partial charge is 0.261 e. The molecular formula is C17H15N3O. The van der Waals surface area contributed by atoms with E-state index in [1.165, 1.54) is 5.01 Å². The number of benzene rings is 2. The number of hydrazone groups is 1. The Labute approximate surface area is 123 Å². The van der Waals surface area contributed by atoms with E-state index in [0.29, 0.717) is 0 Å². The molecule has 4 nitrogen and oxygen atoms in total. The number of aliphatic imine (C=N–C) groups is 1. The van der Waals surface area contributed by atoms with E-state index in [2.05, 4.69) is 10.1 Å². The fourth-order valence-corrected chi connectivity index (χ4v) is 2.18. The Bertz CT molecular complexity index is 692. The number of amides is 1. The lowest BCUT2D eigenvalue weighted by molar-refractivity contribution is -0.118. The predicted molar refractivity (Wildman–Crippen MR) is 85.1 cm³/mol. The molecule has 1 aliphatic heterocycles. The Balaban J connectivity index is 1.81. The molecule has 0 bridgehead atoms. The van der Waals surface area contributed by atoms with E-state index in [1.807, 2.05) is 67.6 Å². The van der Waals surface area contributed by atoms with Crippen LogP contribution in [0.25, 0.3) is 0 Å². The van der Waals surface area contributed by atoms with E-state index < -0.39 is 5.92 Å². The van der Waals surface area contributed by atoms with Gasteiger partial charge in [0.2, 0.25) is 0 Å². The van der Waals surface area contributed by atoms with Crippen molar-refractivity contribution in [2.75, 3.05) is 5.01 Å². The zero-order valence-corrected chi connectivity index (χ0v) is 11.7. The van der Waals surface area contributed by atoms with Crippen LogP contribution in [0.3, 0.4) is 0 Å². The Morgan fingerprint density at radius 2 is 1.67 bits per heavy atom. The minimum Gasteiger partial charge on any atom is -0.271 e. The second kappa shape index (κ2) is 5.71. The third-order valence-electron chi connectivity index (χ3n) is 3.31. The van der Waals surface area contributed by atoms with Crippen molar-refractivity contribution in [1.29, 1.82) is 0 Å². The van der Waals surface area contributed by atoms with Gasteiger partial charge in [0.05, 0.1) is 17.1 Å². The fourth-order valence-electron chi connectivity index (χ4n) is 2.18. The molecule has 2 aromatic rings. The highest BCUT2D eigenvalue weighted by atomic mass is 16.2. The molecule has 1 aliphatic rings. The molecule has 104 valence electrons. The van der Waals surface area contributed by atoms with Gasteiger partial charge in [-0.25, -0.2) is 0 Å². The maximum Gasteiger partial charge on any atom is 0.261 e. The number of anilines is 1. The van der Waals surface area contributed by atoms with Crippen LogP contribution in [0.4, 0.5) is 11.4 Å². The van der Waals surface area contributed by atoms with E-state index in [0.717, 1.165) is 17.1 Å². The van der Waals surface area contributed by atoms with Crippen LogP contribution in [0.1, 0.15) is 6.92 Å². The van der Waals surface area contributed by atoms with Gasteiger partial charge < -0.3 is 0 Å². The summed E-state index contributed by atoms with van der Waals surface area (Å²) in [4.78, 5) is 16.8. The molecule has 1 amide bonds. The van der Waals surface area contributed by atoms with Crippen LogP contribution in [-0.4, -0.2) is 17.8 Å². The number of hydrogen-bond donors (Lipinski definition) is 0. The van der Waals surface area contributed by atoms with Gasteiger partial charge in [0.15, 0.2) is 0 Å². The molecule has 0 saturated carbocycles. The molecule has 0 aliphatic carbocycles. The number of nitrogens with zero attached hydrogens (tertiary/aromatic N) is 3. The minimum absolute atomic E-state index is 0.0709. The Kier molecular flexibility index (Phi) is 3.60. The van der Waals surface area contributed by atoms with Crippen LogP contribution < -0.4 is 5.01 Å². The molecule has 0 spiro atoms. The molecule has 2 aromatic carbocycles. The fraction of sp³-hybridized carbons (Fsp3) is 0.118. The highest BCUT2D eigenvalue weighted by molar-refractivity contribution is 6.23. The summed E-state index contributed by atoms with van der Waals surface area (Å²) in [6, 6.07) is 19.0. The molecule has 0 N–H and O–H groups in total. The number of rotatable bonds is 3. The third kappa shape index (κ3) is 2.74. The van der Waals surface area contributed by atoms with Crippen LogP contribution >= 0.6 is 0 Å². The lowest BCUT2D eigenvalue weighted by atomic mass is 10.1. The van der Waals surface area contributed by atoms with Gasteiger partial charge in [0, 0.05) is 6.21 Å². The van der Waals surface area contributed by atoms with Crippen LogP contribution in [0, 0.1) is 5.92 Å². The molecule has 0 saturated heterocycles. The van der Waals surface area contributed by atoms with E-state index in [1.54, 1.807) is 6.21 Å². The average molecular weight is 277 g/mol. The maximum atomic E-state index is 12.5. The van der Waals surface area contributed by atoms with Crippen LogP contribution in [0.2, 0.25) is 0 Å². The van der Waals surface area contributed by atoms with Gasteiger partial charge in [0.25, 0.3) is 5.91 Å². The summed E-state index contributed by atoms with van der Waals surface area (Å²) < 4.78 is 0. The molecule has 1 heterocycles. The molecule has 0 radical (unpaired) electrons. The van der Waals surface area contributed by atoms with Crippen LogP contribution in [0.15, 0.2) is 70.8 Å². The van der Waals surface area contributed by atoms with Gasteiger partial charge in [0.1, 0.15) is 5.92 Å². The van der Waals surface area contributed by atoms with Gasteiger partial charge in [-0.2, -0.15) is 10.1 Å². The van der Waals surface area contributed by atoms with E-state index in [-0.39, 0.29) is 5.91 Å². The van der Waals surface area contributed by atoms with E-state index >= 15 is 0 Å². The Hall–Kier alpha value is -2.75. The monoisotopic (exact) mass is 277 g/mol. The summed E-state index contributed by atoms with van der Waals surface area (Å²) in [6.45, 7) is 1.85. The van der Waals surface area contributed by atoms with Crippen molar-refractivity contribution in [2.24, 2.45) is 16.0 Å². The Morgan fingerprint density at radius 1 is 1.05 bits per heavy atom. The molecule has 0 aromatic heterocycles. The van der Waals surface area contributed by atoms with Gasteiger partial charge in [-0.1, -0.05) is 36.4 Å². The largest absolute Gasteiger partial charge is 0.271 e. The van der Waals surface area contributed by atoms with Crippen molar-refractivity contribution in [3.63, 3.8) is 0 Å². The summed E-state index contributed by atoms with van der Waals surface area (Å²) in [5, 5.41) is 5.78. The second-order valence-electron chi connectivity index (χ2n) is 4.82. The number of para-hydroxylation sites is 2. The average Bonchev–Trinajstić information content (AvgIpc) is 2.82. The highest BCUT2D eigenvalue weighted by Gasteiger charge is 2.32. The highest BCUT2D eigenvalue weighted by Crippen LogP contribution is 2.23. The summed E-state index contributed by atoms with van der Waals surface area (Å²) >= 11 is 0. The summed E-state index contributed by atoms with van der Waals surface area (Å²) in [5.41, 5.74) is 2.36. The quantitative estimate of drug-likeness (QED) is 0.793. The first-order valence-corrected chi connectivity index (χ1v) is 6.79. The van der Waals surface area contributed by atoms with Gasteiger partial charge in [-0.15, -0.1) is 0 Å².